The number of nitrogens with zero attached hydrogens (tertiary/aromatic N) is 2. The first-order chi connectivity index (χ1) is 12.0. The van der Waals surface area contributed by atoms with E-state index in [-0.39, 0.29) is 24.4 Å². The van der Waals surface area contributed by atoms with E-state index in [1.165, 1.54) is 29.2 Å². The van der Waals surface area contributed by atoms with Crippen molar-refractivity contribution in [2.24, 2.45) is 5.14 Å². The second-order valence-electron chi connectivity index (χ2n) is 5.95. The zero-order valence-corrected chi connectivity index (χ0v) is 14.9. The van der Waals surface area contributed by atoms with Gasteiger partial charge in [-0.3, -0.25) is 9.35 Å². The summed E-state index contributed by atoms with van der Waals surface area (Å²) in [6.07, 6.45) is 0.243. The van der Waals surface area contributed by atoms with Crippen LogP contribution in [0.5, 0.6) is 0 Å². The molecule has 3 amide bonds. The summed E-state index contributed by atoms with van der Waals surface area (Å²) in [6, 6.07) is 3.36. The van der Waals surface area contributed by atoms with E-state index in [1.54, 1.807) is 0 Å². The Morgan fingerprint density at radius 3 is 2.38 bits per heavy atom. The smallest absolute Gasteiger partial charge is 0.334 e. The van der Waals surface area contributed by atoms with Gasteiger partial charge in [-0.15, -0.1) is 0 Å². The highest BCUT2D eigenvalue weighted by Crippen LogP contribution is 2.35. The van der Waals surface area contributed by atoms with Gasteiger partial charge in [0, 0.05) is 13.1 Å². The molecular weight excluding hydrogens is 388 g/mol. The molecule has 1 aromatic carbocycles. The van der Waals surface area contributed by atoms with Crippen LogP contribution in [0.15, 0.2) is 29.2 Å². The molecule has 0 unspecified atom stereocenters. The summed E-state index contributed by atoms with van der Waals surface area (Å²) in [5.74, 6) is -0.845. The van der Waals surface area contributed by atoms with Crippen molar-refractivity contribution in [1.29, 1.82) is 0 Å². The van der Waals surface area contributed by atoms with Crippen molar-refractivity contribution in [2.45, 2.75) is 29.9 Å². The number of primary sulfonamides is 1. The van der Waals surface area contributed by atoms with Gasteiger partial charge in [-0.05, 0) is 24.1 Å². The number of β-lactam (4-membered cyclic amide) rings is 1. The molecule has 142 valence electrons. The third-order valence-corrected chi connectivity index (χ3v) is 6.22. The van der Waals surface area contributed by atoms with Crippen LogP contribution in [0.2, 0.25) is 0 Å². The van der Waals surface area contributed by atoms with E-state index in [4.69, 9.17) is 9.69 Å². The molecule has 1 aromatic rings. The number of hydrogen-bond donors (Lipinski definition) is 3. The maximum absolute atomic E-state index is 12.3. The summed E-state index contributed by atoms with van der Waals surface area (Å²) in [4.78, 5) is 25.3. The first kappa shape index (κ1) is 18.6. The second kappa shape index (κ2) is 6.19. The first-order valence-corrected chi connectivity index (χ1v) is 10.4. The number of benzene rings is 1. The van der Waals surface area contributed by atoms with Crippen LogP contribution >= 0.6 is 0 Å². The van der Waals surface area contributed by atoms with Crippen LogP contribution in [0.1, 0.15) is 12.0 Å². The quantitative estimate of drug-likeness (QED) is 0.411. The Hall–Kier alpha value is -2.22. The first-order valence-electron chi connectivity index (χ1n) is 7.47. The lowest BCUT2D eigenvalue weighted by molar-refractivity contribution is -0.143. The number of likely N-dealkylation sites (tertiary alicyclic amines) is 1. The van der Waals surface area contributed by atoms with Gasteiger partial charge < -0.3 is 10.2 Å². The van der Waals surface area contributed by atoms with E-state index in [0.29, 0.717) is 9.87 Å². The molecule has 0 aliphatic carbocycles. The summed E-state index contributed by atoms with van der Waals surface area (Å²) in [5, 5.41) is 7.58. The number of nitrogens with one attached hydrogen (secondary N) is 1. The molecule has 11 nitrogen and oxygen atoms in total. The van der Waals surface area contributed by atoms with Crippen molar-refractivity contribution in [1.82, 2.24) is 14.5 Å². The fourth-order valence-corrected chi connectivity index (χ4v) is 4.53. The Labute approximate surface area is 149 Å². The van der Waals surface area contributed by atoms with Gasteiger partial charge in [0.1, 0.15) is 6.04 Å². The van der Waals surface area contributed by atoms with Crippen LogP contribution in [-0.2, 0) is 31.7 Å². The molecule has 0 bridgehead atoms. The number of sulfonamides is 1. The molecule has 2 fully saturated rings. The highest BCUT2D eigenvalue weighted by Gasteiger charge is 2.59. The molecule has 2 aliphatic rings. The molecule has 4 N–H and O–H groups in total. The van der Waals surface area contributed by atoms with E-state index in [9.17, 15) is 26.4 Å². The summed E-state index contributed by atoms with van der Waals surface area (Å²) >= 11 is 0. The zero-order chi connectivity index (χ0) is 19.3. The number of amides is 3. The van der Waals surface area contributed by atoms with Gasteiger partial charge in [0.15, 0.2) is 0 Å². The van der Waals surface area contributed by atoms with Crippen LogP contribution in [0, 0.1) is 0 Å². The fraction of sp³-hybridized carbons (Fsp3) is 0.385. The van der Waals surface area contributed by atoms with Crippen molar-refractivity contribution < 1.29 is 31.0 Å². The number of rotatable bonds is 4. The molecule has 2 saturated heterocycles. The summed E-state index contributed by atoms with van der Waals surface area (Å²) < 4.78 is 54.1. The molecule has 0 spiro atoms. The molecule has 0 saturated carbocycles. The number of nitrogens with two attached hydrogens (primary N) is 1. The van der Waals surface area contributed by atoms with E-state index in [2.05, 4.69) is 5.32 Å². The number of carbonyl (C=O) groups is 2. The molecule has 2 atom stereocenters. The maximum Gasteiger partial charge on any atom is 0.362 e. The Bertz CT molecular complexity index is 959. The Balaban J connectivity index is 1.61. The minimum atomic E-state index is -4.62. The second-order valence-corrected chi connectivity index (χ2v) is 8.80. The molecule has 2 aliphatic heterocycles. The van der Waals surface area contributed by atoms with Gasteiger partial charge in [-0.2, -0.15) is 8.42 Å². The standard InChI is InChI=1S/C13H16N4O7S2/c14-25(20,21)9-3-1-8(2-4-9)7-15-13(19)16-6-5-10-11(16)12(18)17(10)26(22,23)24/h1-4,10-11H,5-7H2,(H,15,19)(H2,14,20,21)(H,22,23,24)/t10-,11+/m1/s1. The molecule has 0 aromatic heterocycles. The van der Waals surface area contributed by atoms with Crippen LogP contribution in [-0.4, -0.2) is 61.2 Å². The monoisotopic (exact) mass is 404 g/mol. The lowest BCUT2D eigenvalue weighted by atomic mass is 10.0. The fourth-order valence-electron chi connectivity index (χ4n) is 3.12. The minimum Gasteiger partial charge on any atom is -0.334 e. The summed E-state index contributed by atoms with van der Waals surface area (Å²) in [6.45, 7) is 0.247. The van der Waals surface area contributed by atoms with Gasteiger partial charge in [0.2, 0.25) is 10.0 Å². The highest BCUT2D eigenvalue weighted by molar-refractivity contribution is 7.89. The molecule has 3 rings (SSSR count). The lowest BCUT2D eigenvalue weighted by Crippen LogP contribution is -2.68. The van der Waals surface area contributed by atoms with Gasteiger partial charge in [0.05, 0.1) is 10.9 Å². The van der Waals surface area contributed by atoms with Crippen LogP contribution in [0.4, 0.5) is 4.79 Å². The van der Waals surface area contributed by atoms with Crippen LogP contribution < -0.4 is 10.5 Å². The topological polar surface area (TPSA) is 167 Å². The predicted molar refractivity (Wildman–Crippen MR) is 87.3 cm³/mol. The highest BCUT2D eigenvalue weighted by atomic mass is 32.2. The Morgan fingerprint density at radius 2 is 1.85 bits per heavy atom. The predicted octanol–water partition coefficient (Wildman–Crippen LogP) is -1.37. The van der Waals surface area contributed by atoms with Crippen LogP contribution in [0.3, 0.4) is 0 Å². The van der Waals surface area contributed by atoms with Crippen molar-refractivity contribution in [2.75, 3.05) is 6.54 Å². The summed E-state index contributed by atoms with van der Waals surface area (Å²) in [7, 11) is -8.42. The van der Waals surface area contributed by atoms with E-state index >= 15 is 0 Å². The van der Waals surface area contributed by atoms with Gasteiger partial charge in [-0.25, -0.2) is 22.7 Å². The van der Waals surface area contributed by atoms with Crippen molar-refractivity contribution in [3.05, 3.63) is 29.8 Å². The van der Waals surface area contributed by atoms with E-state index < -0.39 is 44.3 Å². The Morgan fingerprint density at radius 1 is 1.23 bits per heavy atom. The van der Waals surface area contributed by atoms with Gasteiger partial charge >= 0.3 is 16.3 Å². The number of carbonyl (C=O) groups excluding carboxylic acids is 2. The molecule has 0 radical (unpaired) electrons. The SMILES string of the molecule is NS(=O)(=O)c1ccc(CNC(=O)N2CC[C@@H]3[C@H]2C(=O)N3S(=O)(=O)O)cc1. The van der Waals surface area contributed by atoms with Gasteiger partial charge in [-0.1, -0.05) is 12.1 Å². The molecule has 13 heteroatoms. The number of urea groups is 1. The minimum absolute atomic E-state index is 0.0552. The van der Waals surface area contributed by atoms with Crippen molar-refractivity contribution in [3.63, 3.8) is 0 Å². The molecule has 26 heavy (non-hydrogen) atoms. The maximum atomic E-state index is 12.3. The lowest BCUT2D eigenvalue weighted by Gasteiger charge is -2.42. The van der Waals surface area contributed by atoms with Gasteiger partial charge in [0.25, 0.3) is 5.91 Å². The van der Waals surface area contributed by atoms with Crippen molar-refractivity contribution in [3.8, 4) is 0 Å². The Kier molecular flexibility index (Phi) is 4.42. The molecular formula is C13H16N4O7S2. The number of fused-ring (bicyclic) bond motifs is 1. The largest absolute Gasteiger partial charge is 0.362 e. The normalized spacial score (nSPS) is 22.8. The van der Waals surface area contributed by atoms with E-state index in [0.717, 1.165) is 0 Å². The number of hydrogen-bond acceptors (Lipinski definition) is 6. The van der Waals surface area contributed by atoms with E-state index in [1.807, 2.05) is 0 Å². The average molecular weight is 404 g/mol. The third-order valence-electron chi connectivity index (χ3n) is 4.34. The summed E-state index contributed by atoms with van der Waals surface area (Å²) in [5.41, 5.74) is 0.612. The average Bonchev–Trinajstić information content (AvgIpc) is 2.89. The van der Waals surface area contributed by atoms with Crippen molar-refractivity contribution >= 4 is 32.3 Å². The third kappa shape index (κ3) is 3.25. The molecule has 2 heterocycles. The van der Waals surface area contributed by atoms with Crippen LogP contribution in [0.25, 0.3) is 0 Å². The zero-order valence-electron chi connectivity index (χ0n) is 13.3.